The summed E-state index contributed by atoms with van der Waals surface area (Å²) in [4.78, 5) is 34.9. The molecule has 6 nitrogen and oxygen atoms in total. The summed E-state index contributed by atoms with van der Waals surface area (Å²) in [6.07, 6.45) is 0. The summed E-state index contributed by atoms with van der Waals surface area (Å²) in [6, 6.07) is 17.4. The number of benzene rings is 3. The summed E-state index contributed by atoms with van der Waals surface area (Å²) in [5.41, 5.74) is 3.78. The molecule has 5 rings (SSSR count). The van der Waals surface area contributed by atoms with Crippen molar-refractivity contribution in [2.45, 2.75) is 25.9 Å². The SMILES string of the molecule is Cc1cc(Cl)ccc1[C@@H](C)N1C(=O)c2cc(I)ccc2N(CCN2CCOCC2)C(=O)[C@@H]1c1ccc(Cl)cc1. The number of anilines is 1. The number of halogens is 3. The van der Waals surface area contributed by atoms with Crippen molar-refractivity contribution in [2.75, 3.05) is 44.3 Å². The second kappa shape index (κ2) is 12.1. The molecule has 2 amide bonds. The molecule has 1 fully saturated rings. The van der Waals surface area contributed by atoms with Gasteiger partial charge in [-0.25, -0.2) is 0 Å². The number of fused-ring (bicyclic) bond motifs is 1. The number of ether oxygens (including phenoxy) is 1. The number of morpholine rings is 1. The first-order valence-electron chi connectivity index (χ1n) is 13.0. The van der Waals surface area contributed by atoms with Gasteiger partial charge in [0.15, 0.2) is 0 Å². The molecule has 204 valence electrons. The highest BCUT2D eigenvalue weighted by molar-refractivity contribution is 14.1. The lowest BCUT2D eigenvalue weighted by Crippen LogP contribution is -2.47. The third-order valence-corrected chi connectivity index (χ3v) is 8.68. The normalized spacial score (nSPS) is 19.2. The summed E-state index contributed by atoms with van der Waals surface area (Å²) in [5.74, 6) is -0.329. The van der Waals surface area contributed by atoms with E-state index in [0.29, 0.717) is 47.6 Å². The summed E-state index contributed by atoms with van der Waals surface area (Å²) in [5, 5.41) is 1.20. The van der Waals surface area contributed by atoms with E-state index in [1.54, 1.807) is 21.9 Å². The number of amides is 2. The zero-order valence-electron chi connectivity index (χ0n) is 21.9. The molecule has 2 heterocycles. The Kier molecular flexibility index (Phi) is 8.83. The fourth-order valence-corrected chi connectivity index (χ4v) is 6.30. The maximum absolute atomic E-state index is 14.6. The Balaban J connectivity index is 1.64. The van der Waals surface area contributed by atoms with E-state index in [1.165, 1.54) is 0 Å². The topological polar surface area (TPSA) is 53.1 Å². The Hall–Kier alpha value is -2.17. The van der Waals surface area contributed by atoms with E-state index in [2.05, 4.69) is 27.5 Å². The van der Waals surface area contributed by atoms with E-state index in [9.17, 15) is 9.59 Å². The van der Waals surface area contributed by atoms with Gasteiger partial charge in [-0.2, -0.15) is 0 Å². The summed E-state index contributed by atoms with van der Waals surface area (Å²) < 4.78 is 6.44. The van der Waals surface area contributed by atoms with Crippen LogP contribution in [-0.2, 0) is 9.53 Å². The van der Waals surface area contributed by atoms with Crippen LogP contribution in [0.3, 0.4) is 0 Å². The van der Waals surface area contributed by atoms with Crippen LogP contribution >= 0.6 is 45.8 Å². The molecule has 0 bridgehead atoms. The minimum Gasteiger partial charge on any atom is -0.379 e. The van der Waals surface area contributed by atoms with Crippen molar-refractivity contribution in [2.24, 2.45) is 0 Å². The molecule has 3 aromatic carbocycles. The van der Waals surface area contributed by atoms with Crippen molar-refractivity contribution in [3.63, 3.8) is 0 Å². The maximum atomic E-state index is 14.6. The molecular weight excluding hydrogens is 648 g/mol. The van der Waals surface area contributed by atoms with Gasteiger partial charge in [0.05, 0.1) is 30.5 Å². The van der Waals surface area contributed by atoms with Crippen LogP contribution in [0.5, 0.6) is 0 Å². The van der Waals surface area contributed by atoms with Crippen LogP contribution in [0.15, 0.2) is 60.7 Å². The van der Waals surface area contributed by atoms with Crippen molar-refractivity contribution in [1.82, 2.24) is 9.80 Å². The second-order valence-corrected chi connectivity index (χ2v) is 12.1. The Morgan fingerprint density at radius 2 is 1.64 bits per heavy atom. The van der Waals surface area contributed by atoms with Gasteiger partial charge in [0.1, 0.15) is 6.04 Å². The fourth-order valence-electron chi connectivity index (χ4n) is 5.46. The third kappa shape index (κ3) is 5.98. The average molecular weight is 678 g/mol. The Labute approximate surface area is 252 Å². The molecule has 0 aliphatic carbocycles. The van der Waals surface area contributed by atoms with Gasteiger partial charge in [0.2, 0.25) is 0 Å². The summed E-state index contributed by atoms with van der Waals surface area (Å²) in [7, 11) is 0. The fraction of sp³-hybridized carbons (Fsp3) is 0.333. The first kappa shape index (κ1) is 28.4. The number of nitrogens with zero attached hydrogens (tertiary/aromatic N) is 3. The molecule has 0 unspecified atom stereocenters. The predicted octanol–water partition coefficient (Wildman–Crippen LogP) is 6.53. The molecule has 0 spiro atoms. The number of carbonyl (C=O) groups excluding carboxylic acids is 2. The van der Waals surface area contributed by atoms with Gasteiger partial charge in [-0.05, 0) is 95.6 Å². The number of rotatable bonds is 6. The lowest BCUT2D eigenvalue weighted by atomic mass is 9.96. The average Bonchev–Trinajstić information content (AvgIpc) is 3.01. The summed E-state index contributed by atoms with van der Waals surface area (Å²) >= 11 is 14.7. The van der Waals surface area contributed by atoms with Gasteiger partial charge < -0.3 is 14.5 Å². The number of hydrogen-bond donors (Lipinski definition) is 0. The number of aryl methyl sites for hydroxylation is 1. The molecule has 2 atom stereocenters. The Morgan fingerprint density at radius 1 is 0.949 bits per heavy atom. The standard InChI is InChI=1S/C30H30Cl2IN3O3/c1-19-17-23(32)7-9-25(19)20(2)36-28(21-3-5-22(31)6-4-21)30(38)35(12-11-34-13-15-39-16-14-34)27-10-8-24(33)18-26(27)29(36)37/h3-10,17-18,20,28H,11-16H2,1-2H3/t20-,28+/m1/s1. The second-order valence-electron chi connectivity index (χ2n) is 9.95. The van der Waals surface area contributed by atoms with Crippen molar-refractivity contribution >= 4 is 63.3 Å². The third-order valence-electron chi connectivity index (χ3n) is 7.52. The lowest BCUT2D eigenvalue weighted by molar-refractivity contribution is -0.123. The Bertz CT molecular complexity index is 1380. The first-order chi connectivity index (χ1) is 18.7. The van der Waals surface area contributed by atoms with Crippen LogP contribution in [-0.4, -0.2) is 61.0 Å². The van der Waals surface area contributed by atoms with Crippen LogP contribution in [0.1, 0.15) is 46.1 Å². The molecule has 1 saturated heterocycles. The molecular formula is C30H30Cl2IN3O3. The van der Waals surface area contributed by atoms with Crippen LogP contribution < -0.4 is 4.90 Å². The van der Waals surface area contributed by atoms with Gasteiger partial charge in [-0.15, -0.1) is 0 Å². The monoisotopic (exact) mass is 677 g/mol. The van der Waals surface area contributed by atoms with Gasteiger partial charge in [0.25, 0.3) is 11.8 Å². The first-order valence-corrected chi connectivity index (χ1v) is 14.8. The van der Waals surface area contributed by atoms with Gasteiger partial charge >= 0.3 is 0 Å². The van der Waals surface area contributed by atoms with E-state index in [-0.39, 0.29) is 11.8 Å². The van der Waals surface area contributed by atoms with E-state index >= 15 is 0 Å². The van der Waals surface area contributed by atoms with Crippen LogP contribution in [0.2, 0.25) is 10.0 Å². The van der Waals surface area contributed by atoms with Crippen molar-refractivity contribution in [3.05, 3.63) is 96.5 Å². The van der Waals surface area contributed by atoms with Crippen LogP contribution in [0.4, 0.5) is 5.69 Å². The minimum atomic E-state index is -0.838. The molecule has 0 aromatic heterocycles. The molecule has 0 saturated carbocycles. The quantitative estimate of drug-likeness (QED) is 0.279. The van der Waals surface area contributed by atoms with Gasteiger partial charge in [0, 0.05) is 39.8 Å². The predicted molar refractivity (Wildman–Crippen MR) is 164 cm³/mol. The largest absolute Gasteiger partial charge is 0.379 e. The van der Waals surface area contributed by atoms with E-state index in [1.807, 2.05) is 62.4 Å². The van der Waals surface area contributed by atoms with E-state index < -0.39 is 12.1 Å². The van der Waals surface area contributed by atoms with Crippen molar-refractivity contribution in [3.8, 4) is 0 Å². The molecule has 39 heavy (non-hydrogen) atoms. The maximum Gasteiger partial charge on any atom is 0.257 e. The molecule has 0 radical (unpaired) electrons. The zero-order chi connectivity index (χ0) is 27.7. The van der Waals surface area contributed by atoms with Crippen LogP contribution in [0.25, 0.3) is 0 Å². The highest BCUT2D eigenvalue weighted by Gasteiger charge is 2.43. The lowest BCUT2D eigenvalue weighted by Gasteiger charge is -2.37. The van der Waals surface area contributed by atoms with Crippen molar-refractivity contribution < 1.29 is 14.3 Å². The molecule has 9 heteroatoms. The van der Waals surface area contributed by atoms with E-state index in [0.717, 1.165) is 33.4 Å². The Morgan fingerprint density at radius 3 is 2.33 bits per heavy atom. The van der Waals surface area contributed by atoms with Crippen molar-refractivity contribution in [1.29, 1.82) is 0 Å². The number of carbonyl (C=O) groups is 2. The zero-order valence-corrected chi connectivity index (χ0v) is 25.5. The van der Waals surface area contributed by atoms with E-state index in [4.69, 9.17) is 27.9 Å². The molecule has 2 aliphatic rings. The highest BCUT2D eigenvalue weighted by Crippen LogP contribution is 2.41. The molecule has 3 aromatic rings. The molecule has 2 aliphatic heterocycles. The molecule has 0 N–H and O–H groups in total. The highest BCUT2D eigenvalue weighted by atomic mass is 127. The van der Waals surface area contributed by atoms with Gasteiger partial charge in [-0.3, -0.25) is 14.5 Å². The van der Waals surface area contributed by atoms with Gasteiger partial charge in [-0.1, -0.05) is 41.4 Å². The summed E-state index contributed by atoms with van der Waals surface area (Å²) in [6.45, 7) is 8.10. The number of hydrogen-bond acceptors (Lipinski definition) is 4. The smallest absolute Gasteiger partial charge is 0.257 e. The van der Waals surface area contributed by atoms with Crippen LogP contribution in [0, 0.1) is 10.5 Å². The minimum absolute atomic E-state index is 0.141.